The third-order valence-corrected chi connectivity index (χ3v) is 10.1. The molecule has 5 heteroatoms. The van der Waals surface area contributed by atoms with Crippen molar-refractivity contribution in [2.24, 2.45) is 0 Å². The van der Waals surface area contributed by atoms with E-state index in [1.807, 2.05) is 6.08 Å². The van der Waals surface area contributed by atoms with Crippen LogP contribution in [0.1, 0.15) is 213 Å². The van der Waals surface area contributed by atoms with Gasteiger partial charge in [-0.1, -0.05) is 195 Å². The first-order valence-electron chi connectivity index (χ1n) is 24.8. The third-order valence-electron chi connectivity index (χ3n) is 10.1. The Hall–Kier alpha value is -3.18. The van der Waals surface area contributed by atoms with Crippen molar-refractivity contribution < 1.29 is 23.8 Å². The van der Waals surface area contributed by atoms with Crippen LogP contribution in [0.2, 0.25) is 0 Å². The average Bonchev–Trinajstić information content (AvgIpc) is 3.25. The quantitative estimate of drug-likeness (QED) is 0.0348. The number of ether oxygens (including phenoxy) is 3. The Morgan fingerprint density at radius 1 is 0.383 bits per heavy atom. The summed E-state index contributed by atoms with van der Waals surface area (Å²) in [6, 6.07) is 0. The molecule has 0 aromatic carbocycles. The van der Waals surface area contributed by atoms with Crippen molar-refractivity contribution in [2.45, 2.75) is 219 Å². The molecule has 0 radical (unpaired) electrons. The van der Waals surface area contributed by atoms with E-state index in [0.717, 1.165) is 77.0 Å². The Kier molecular flexibility index (Phi) is 47.5. The van der Waals surface area contributed by atoms with Gasteiger partial charge in [-0.05, 0) is 103 Å². The van der Waals surface area contributed by atoms with E-state index < -0.39 is 6.10 Å². The molecule has 0 aromatic rings. The van der Waals surface area contributed by atoms with Gasteiger partial charge in [-0.3, -0.25) is 9.59 Å². The lowest BCUT2D eigenvalue weighted by atomic mass is 10.1. The molecule has 0 aliphatic carbocycles. The molecule has 0 aliphatic heterocycles. The molecule has 0 saturated carbocycles. The Labute approximate surface area is 371 Å². The molecule has 0 saturated heterocycles. The summed E-state index contributed by atoms with van der Waals surface area (Å²) >= 11 is 0. The lowest BCUT2D eigenvalue weighted by molar-refractivity contribution is -0.162. The van der Waals surface area contributed by atoms with Gasteiger partial charge in [0.15, 0.2) is 6.10 Å². The fourth-order valence-electron chi connectivity index (χ4n) is 6.39. The van der Waals surface area contributed by atoms with Crippen LogP contribution in [0.15, 0.2) is 97.2 Å². The number of unbranched alkanes of at least 4 members (excludes halogenated alkanes) is 17. The Bertz CT molecular complexity index is 1170. The highest BCUT2D eigenvalue weighted by molar-refractivity contribution is 5.70. The molecular formula is C55H92O5. The van der Waals surface area contributed by atoms with Gasteiger partial charge in [-0.2, -0.15) is 0 Å². The molecule has 0 aliphatic rings. The number of rotatable bonds is 44. The zero-order chi connectivity index (χ0) is 43.5. The highest BCUT2D eigenvalue weighted by Crippen LogP contribution is 2.12. The van der Waals surface area contributed by atoms with Crippen molar-refractivity contribution in [1.82, 2.24) is 0 Å². The van der Waals surface area contributed by atoms with Gasteiger partial charge in [0.1, 0.15) is 6.61 Å². The monoisotopic (exact) mass is 833 g/mol. The lowest BCUT2D eigenvalue weighted by Gasteiger charge is -2.18. The van der Waals surface area contributed by atoms with E-state index in [-0.39, 0.29) is 25.2 Å². The molecule has 5 nitrogen and oxygen atoms in total. The molecule has 1 atom stereocenters. The zero-order valence-electron chi connectivity index (χ0n) is 39.2. The number of carbonyl (C=O) groups excluding carboxylic acids is 2. The number of carbonyl (C=O) groups is 2. The van der Waals surface area contributed by atoms with Crippen molar-refractivity contribution in [2.75, 3.05) is 19.8 Å². The van der Waals surface area contributed by atoms with E-state index in [2.05, 4.69) is 112 Å². The van der Waals surface area contributed by atoms with Gasteiger partial charge < -0.3 is 14.2 Å². The van der Waals surface area contributed by atoms with Crippen LogP contribution in [0.25, 0.3) is 0 Å². The van der Waals surface area contributed by atoms with Crippen molar-refractivity contribution >= 4 is 11.9 Å². The SMILES string of the molecule is CC/C=C\C/C=C\C/C=C\C/C=C\CCC(=O)OCC(COCCCCCCCCC/C=C\C/C=C\C/C=C\CCCCC)OC(=O)CCCCCCC/C=C\CCCC. The predicted molar refractivity (Wildman–Crippen MR) is 260 cm³/mol. The largest absolute Gasteiger partial charge is 0.462 e. The van der Waals surface area contributed by atoms with Crippen LogP contribution in [0.3, 0.4) is 0 Å². The molecule has 342 valence electrons. The van der Waals surface area contributed by atoms with E-state index in [9.17, 15) is 9.59 Å². The number of hydrogen-bond acceptors (Lipinski definition) is 5. The molecule has 1 unspecified atom stereocenters. The average molecular weight is 833 g/mol. The van der Waals surface area contributed by atoms with Gasteiger partial charge in [-0.25, -0.2) is 0 Å². The minimum absolute atomic E-state index is 0.0350. The molecule has 0 aromatic heterocycles. The Morgan fingerprint density at radius 3 is 1.33 bits per heavy atom. The van der Waals surface area contributed by atoms with E-state index in [1.165, 1.54) is 96.3 Å². The molecule has 60 heavy (non-hydrogen) atoms. The normalized spacial score (nSPS) is 13.1. The maximum Gasteiger partial charge on any atom is 0.306 e. The minimum atomic E-state index is -0.578. The van der Waals surface area contributed by atoms with Gasteiger partial charge in [-0.15, -0.1) is 0 Å². The molecule has 0 N–H and O–H groups in total. The van der Waals surface area contributed by atoms with Crippen LogP contribution in [0.5, 0.6) is 0 Å². The number of esters is 2. The fourth-order valence-corrected chi connectivity index (χ4v) is 6.39. The number of allylic oxidation sites excluding steroid dienone is 16. The van der Waals surface area contributed by atoms with Crippen molar-refractivity contribution in [1.29, 1.82) is 0 Å². The summed E-state index contributed by atoms with van der Waals surface area (Å²) in [5, 5.41) is 0. The molecule has 0 bridgehead atoms. The van der Waals surface area contributed by atoms with Crippen molar-refractivity contribution in [3.63, 3.8) is 0 Å². The van der Waals surface area contributed by atoms with Gasteiger partial charge in [0.25, 0.3) is 0 Å². The predicted octanol–water partition coefficient (Wildman–Crippen LogP) is 16.7. The van der Waals surface area contributed by atoms with Crippen molar-refractivity contribution in [3.05, 3.63) is 97.2 Å². The van der Waals surface area contributed by atoms with Crippen LogP contribution in [-0.4, -0.2) is 37.9 Å². The summed E-state index contributed by atoms with van der Waals surface area (Å²) in [4.78, 5) is 25.2. The van der Waals surface area contributed by atoms with E-state index >= 15 is 0 Å². The molecule has 0 heterocycles. The first kappa shape index (κ1) is 56.8. The second-order valence-electron chi connectivity index (χ2n) is 16.0. The minimum Gasteiger partial charge on any atom is -0.462 e. The first-order valence-corrected chi connectivity index (χ1v) is 24.8. The van der Waals surface area contributed by atoms with Crippen LogP contribution >= 0.6 is 0 Å². The van der Waals surface area contributed by atoms with Gasteiger partial charge in [0.05, 0.1) is 6.61 Å². The second-order valence-corrected chi connectivity index (χ2v) is 16.0. The molecule has 0 rings (SSSR count). The third kappa shape index (κ3) is 47.5. The summed E-state index contributed by atoms with van der Waals surface area (Å²) in [7, 11) is 0. The smallest absolute Gasteiger partial charge is 0.306 e. The summed E-state index contributed by atoms with van der Waals surface area (Å²) in [6.07, 6.45) is 67.1. The summed E-state index contributed by atoms with van der Waals surface area (Å²) < 4.78 is 17.3. The van der Waals surface area contributed by atoms with Gasteiger partial charge in [0, 0.05) is 19.4 Å². The first-order chi connectivity index (χ1) is 29.6. The van der Waals surface area contributed by atoms with Crippen LogP contribution in [0.4, 0.5) is 0 Å². The Morgan fingerprint density at radius 2 is 0.800 bits per heavy atom. The van der Waals surface area contributed by atoms with Crippen LogP contribution < -0.4 is 0 Å². The number of hydrogen-bond donors (Lipinski definition) is 0. The van der Waals surface area contributed by atoms with Crippen molar-refractivity contribution in [3.8, 4) is 0 Å². The fraction of sp³-hybridized carbons (Fsp3) is 0.673. The maximum absolute atomic E-state index is 12.7. The highest BCUT2D eigenvalue weighted by Gasteiger charge is 2.17. The standard InChI is InChI=1S/C55H92O5/c1-4-7-10-13-16-19-22-24-25-26-27-28-29-30-32-35-38-41-44-47-50-58-51-53(60-55(57)49-46-43-40-37-33-21-18-15-12-9-6-3)52-59-54(56)48-45-42-39-36-34-31-23-20-17-14-11-8-5-2/h8,11,15-20,24-25,27-28,31,34,39,42,53H,4-7,9-10,12-14,21-23,26,29-30,32-33,35-38,40-41,43-52H2,1-3H3/b11-8-,18-15-,19-16-,20-17-,25-24-,28-27-,34-31-,42-39-. The van der Waals surface area contributed by atoms with Gasteiger partial charge in [0.2, 0.25) is 0 Å². The summed E-state index contributed by atoms with van der Waals surface area (Å²) in [5.74, 6) is -0.513. The lowest BCUT2D eigenvalue weighted by Crippen LogP contribution is -2.30. The molecule has 0 amide bonds. The maximum atomic E-state index is 12.7. The zero-order valence-corrected chi connectivity index (χ0v) is 39.2. The topological polar surface area (TPSA) is 61.8 Å². The molecular weight excluding hydrogens is 741 g/mol. The highest BCUT2D eigenvalue weighted by atomic mass is 16.6. The summed E-state index contributed by atoms with van der Waals surface area (Å²) in [5.41, 5.74) is 0. The molecule has 0 spiro atoms. The van der Waals surface area contributed by atoms with E-state index in [0.29, 0.717) is 25.9 Å². The van der Waals surface area contributed by atoms with Crippen LogP contribution in [-0.2, 0) is 23.8 Å². The van der Waals surface area contributed by atoms with E-state index in [4.69, 9.17) is 14.2 Å². The van der Waals surface area contributed by atoms with E-state index in [1.54, 1.807) is 0 Å². The van der Waals surface area contributed by atoms with Gasteiger partial charge >= 0.3 is 11.9 Å². The molecule has 0 fully saturated rings. The second kappa shape index (κ2) is 50.2. The van der Waals surface area contributed by atoms with Crippen LogP contribution in [0, 0.1) is 0 Å². The summed E-state index contributed by atoms with van der Waals surface area (Å²) in [6.45, 7) is 7.53. The Balaban J connectivity index is 4.34.